The van der Waals surface area contributed by atoms with Crippen LogP contribution in [0.3, 0.4) is 0 Å². The molecule has 0 atom stereocenters. The van der Waals surface area contributed by atoms with Gasteiger partial charge in [-0.25, -0.2) is 0 Å². The van der Waals surface area contributed by atoms with E-state index in [4.69, 9.17) is 14.0 Å². The Morgan fingerprint density at radius 3 is 2.68 bits per heavy atom. The number of benzene rings is 1. The molecule has 1 aliphatic carbocycles. The summed E-state index contributed by atoms with van der Waals surface area (Å²) in [7, 11) is 1.58. The van der Waals surface area contributed by atoms with Crippen LogP contribution in [-0.2, 0) is 10.3 Å². The minimum absolute atomic E-state index is 0.0992. The van der Waals surface area contributed by atoms with Gasteiger partial charge >= 0.3 is 0 Å². The van der Waals surface area contributed by atoms with Crippen LogP contribution in [0.2, 0.25) is 0 Å². The maximum absolute atomic E-state index is 12.5. The second-order valence-corrected chi connectivity index (χ2v) is 6.42. The van der Waals surface area contributed by atoms with Gasteiger partial charge in [0.25, 0.3) is 5.91 Å². The molecule has 1 aromatic carbocycles. The van der Waals surface area contributed by atoms with Gasteiger partial charge in [-0.15, -0.1) is 0 Å². The first-order chi connectivity index (χ1) is 12.0. The summed E-state index contributed by atoms with van der Waals surface area (Å²) < 4.78 is 16.0. The SMILES string of the molecule is COc1cc(C)ccc1OCC(=O)NC1(c2noc(C)n2)CCCC1. The lowest BCUT2D eigenvalue weighted by Gasteiger charge is -2.26. The molecule has 3 rings (SSSR count). The number of aryl methyl sites for hydroxylation is 2. The highest BCUT2D eigenvalue weighted by Crippen LogP contribution is 2.37. The molecule has 0 bridgehead atoms. The van der Waals surface area contributed by atoms with Crippen LogP contribution in [0.1, 0.15) is 43.0 Å². The minimum atomic E-state index is -0.560. The van der Waals surface area contributed by atoms with Gasteiger partial charge in [0.2, 0.25) is 5.89 Å². The van der Waals surface area contributed by atoms with Crippen LogP contribution in [-0.4, -0.2) is 29.8 Å². The summed E-state index contributed by atoms with van der Waals surface area (Å²) in [6.07, 6.45) is 3.62. The predicted molar refractivity (Wildman–Crippen MR) is 90.5 cm³/mol. The molecule has 134 valence electrons. The molecule has 1 heterocycles. The molecule has 0 aliphatic heterocycles. The first kappa shape index (κ1) is 17.3. The third-order valence-electron chi connectivity index (χ3n) is 4.47. The Kier molecular flexibility index (Phi) is 4.92. The Hall–Kier alpha value is -2.57. The molecule has 1 amide bonds. The van der Waals surface area contributed by atoms with E-state index in [-0.39, 0.29) is 12.5 Å². The van der Waals surface area contributed by atoms with Gasteiger partial charge in [-0.05, 0) is 37.5 Å². The van der Waals surface area contributed by atoms with Gasteiger partial charge in [0.05, 0.1) is 7.11 Å². The predicted octanol–water partition coefficient (Wildman–Crippen LogP) is 2.66. The van der Waals surface area contributed by atoms with Gasteiger partial charge in [0.1, 0.15) is 5.54 Å². The van der Waals surface area contributed by atoms with Crippen molar-refractivity contribution in [3.05, 3.63) is 35.5 Å². The lowest BCUT2D eigenvalue weighted by Crippen LogP contribution is -2.46. The van der Waals surface area contributed by atoms with Crippen molar-refractivity contribution in [2.45, 2.75) is 45.1 Å². The van der Waals surface area contributed by atoms with Crippen LogP contribution in [0.5, 0.6) is 11.5 Å². The van der Waals surface area contributed by atoms with E-state index in [0.29, 0.717) is 23.2 Å². The number of hydrogen-bond acceptors (Lipinski definition) is 6. The molecule has 1 aromatic heterocycles. The molecule has 7 nitrogen and oxygen atoms in total. The van der Waals surface area contributed by atoms with Crippen molar-refractivity contribution in [3.8, 4) is 11.5 Å². The summed E-state index contributed by atoms with van der Waals surface area (Å²) in [5, 5.41) is 7.07. The topological polar surface area (TPSA) is 86.5 Å². The van der Waals surface area contributed by atoms with E-state index >= 15 is 0 Å². The highest BCUT2D eigenvalue weighted by molar-refractivity contribution is 5.78. The van der Waals surface area contributed by atoms with Crippen molar-refractivity contribution in [1.82, 2.24) is 15.5 Å². The molecule has 0 spiro atoms. The summed E-state index contributed by atoms with van der Waals surface area (Å²) in [5.41, 5.74) is 0.501. The number of ether oxygens (including phenoxy) is 2. The molecule has 7 heteroatoms. The fraction of sp³-hybridized carbons (Fsp3) is 0.500. The largest absolute Gasteiger partial charge is 0.493 e. The Balaban J connectivity index is 1.67. The van der Waals surface area contributed by atoms with Gasteiger partial charge < -0.3 is 19.3 Å². The minimum Gasteiger partial charge on any atom is -0.493 e. The highest BCUT2D eigenvalue weighted by Gasteiger charge is 2.41. The summed E-state index contributed by atoms with van der Waals surface area (Å²) in [6, 6.07) is 5.58. The number of nitrogens with one attached hydrogen (secondary N) is 1. The number of carbonyl (C=O) groups is 1. The third-order valence-corrected chi connectivity index (χ3v) is 4.47. The zero-order valence-electron chi connectivity index (χ0n) is 14.8. The van der Waals surface area contributed by atoms with Crippen molar-refractivity contribution < 1.29 is 18.8 Å². The Morgan fingerprint density at radius 1 is 1.28 bits per heavy atom. The van der Waals surface area contributed by atoms with Crippen molar-refractivity contribution in [3.63, 3.8) is 0 Å². The number of nitrogens with zero attached hydrogens (tertiary/aromatic N) is 2. The lowest BCUT2D eigenvalue weighted by molar-refractivity contribution is -0.125. The molecular formula is C18H23N3O4. The maximum atomic E-state index is 12.5. The fourth-order valence-corrected chi connectivity index (χ4v) is 3.22. The smallest absolute Gasteiger partial charge is 0.258 e. The Labute approximate surface area is 146 Å². The van der Waals surface area contributed by atoms with Gasteiger partial charge in [-0.1, -0.05) is 24.1 Å². The average molecular weight is 345 g/mol. The lowest BCUT2D eigenvalue weighted by atomic mass is 9.96. The van der Waals surface area contributed by atoms with Crippen LogP contribution < -0.4 is 14.8 Å². The van der Waals surface area contributed by atoms with Crippen LogP contribution in [0.15, 0.2) is 22.7 Å². The number of hydrogen-bond donors (Lipinski definition) is 1. The zero-order chi connectivity index (χ0) is 17.9. The zero-order valence-corrected chi connectivity index (χ0v) is 14.8. The van der Waals surface area contributed by atoms with Crippen LogP contribution in [0.4, 0.5) is 0 Å². The molecule has 1 N–H and O–H groups in total. The second kappa shape index (κ2) is 7.13. The van der Waals surface area contributed by atoms with E-state index in [2.05, 4.69) is 15.5 Å². The molecule has 1 saturated carbocycles. The number of amides is 1. The molecular weight excluding hydrogens is 322 g/mol. The van der Waals surface area contributed by atoms with Gasteiger partial charge in [-0.2, -0.15) is 4.98 Å². The van der Waals surface area contributed by atoms with Crippen LogP contribution in [0, 0.1) is 13.8 Å². The van der Waals surface area contributed by atoms with Crippen molar-refractivity contribution in [1.29, 1.82) is 0 Å². The van der Waals surface area contributed by atoms with Crippen molar-refractivity contribution in [2.24, 2.45) is 0 Å². The number of aromatic nitrogens is 2. The fourth-order valence-electron chi connectivity index (χ4n) is 3.22. The normalized spacial score (nSPS) is 15.8. The molecule has 0 radical (unpaired) electrons. The van der Waals surface area contributed by atoms with Crippen LogP contribution in [0.25, 0.3) is 0 Å². The summed E-state index contributed by atoms with van der Waals surface area (Å²) in [6.45, 7) is 3.61. The third kappa shape index (κ3) is 3.75. The van der Waals surface area contributed by atoms with Crippen LogP contribution >= 0.6 is 0 Å². The molecule has 0 unspecified atom stereocenters. The molecule has 1 aliphatic rings. The van der Waals surface area contributed by atoms with Crippen molar-refractivity contribution in [2.75, 3.05) is 13.7 Å². The van der Waals surface area contributed by atoms with E-state index in [0.717, 1.165) is 31.2 Å². The summed E-state index contributed by atoms with van der Waals surface area (Å²) >= 11 is 0. The van der Waals surface area contributed by atoms with E-state index in [1.165, 1.54) is 0 Å². The number of rotatable bonds is 6. The Morgan fingerprint density at radius 2 is 2.04 bits per heavy atom. The van der Waals surface area contributed by atoms with Crippen molar-refractivity contribution >= 4 is 5.91 Å². The van der Waals surface area contributed by atoms with E-state index in [1.54, 1.807) is 20.1 Å². The second-order valence-electron chi connectivity index (χ2n) is 6.42. The first-order valence-corrected chi connectivity index (χ1v) is 8.42. The molecule has 0 saturated heterocycles. The number of carbonyl (C=O) groups excluding carboxylic acids is 1. The summed E-state index contributed by atoms with van der Waals surface area (Å²) in [4.78, 5) is 16.8. The van der Waals surface area contributed by atoms with Gasteiger partial charge in [-0.3, -0.25) is 4.79 Å². The van der Waals surface area contributed by atoms with Gasteiger partial charge in [0, 0.05) is 6.92 Å². The molecule has 25 heavy (non-hydrogen) atoms. The van der Waals surface area contributed by atoms with E-state index in [9.17, 15) is 4.79 Å². The average Bonchev–Trinajstić information content (AvgIpc) is 3.23. The first-order valence-electron chi connectivity index (χ1n) is 8.42. The highest BCUT2D eigenvalue weighted by atomic mass is 16.5. The van der Waals surface area contributed by atoms with E-state index in [1.807, 2.05) is 19.1 Å². The monoisotopic (exact) mass is 345 g/mol. The Bertz CT molecular complexity index is 751. The molecule has 1 fully saturated rings. The van der Waals surface area contributed by atoms with Gasteiger partial charge in [0.15, 0.2) is 23.9 Å². The quantitative estimate of drug-likeness (QED) is 0.866. The number of methoxy groups -OCH3 is 1. The molecule has 2 aromatic rings. The van der Waals surface area contributed by atoms with E-state index < -0.39 is 5.54 Å². The summed E-state index contributed by atoms with van der Waals surface area (Å²) in [5.74, 6) is 1.98. The maximum Gasteiger partial charge on any atom is 0.258 e. The standard InChI is InChI=1S/C18H23N3O4/c1-12-6-7-14(15(10-12)23-3)24-11-16(22)20-18(8-4-5-9-18)17-19-13(2)25-21-17/h6-7,10H,4-5,8-9,11H2,1-3H3,(H,20,22).